The molecule has 5 nitrogen and oxygen atoms in total. The molecule has 0 bridgehead atoms. The summed E-state index contributed by atoms with van der Waals surface area (Å²) in [4.78, 5) is 20.9. The third-order valence-electron chi connectivity index (χ3n) is 1.86. The van der Waals surface area contributed by atoms with Crippen molar-refractivity contribution in [2.75, 3.05) is 10.6 Å². The standard InChI is InChI=1S/C9H7BrF2N2O3/c10-4-3-7(15)13-9-6(14(16)17)2-1-5(11)8(9)12/h1-2H,3-4H2,(H,13,15). The van der Waals surface area contributed by atoms with E-state index in [4.69, 9.17) is 0 Å². The monoisotopic (exact) mass is 308 g/mol. The van der Waals surface area contributed by atoms with Crippen molar-refractivity contribution in [1.29, 1.82) is 0 Å². The maximum Gasteiger partial charge on any atom is 0.296 e. The van der Waals surface area contributed by atoms with Crippen LogP contribution >= 0.6 is 15.9 Å². The van der Waals surface area contributed by atoms with E-state index in [-0.39, 0.29) is 6.42 Å². The largest absolute Gasteiger partial charge is 0.318 e. The SMILES string of the molecule is O=C(CCBr)Nc1c([N+](=O)[O-])ccc(F)c1F. The zero-order valence-corrected chi connectivity index (χ0v) is 9.96. The molecule has 0 aliphatic carbocycles. The summed E-state index contributed by atoms with van der Waals surface area (Å²) >= 11 is 2.98. The molecular formula is C9H7BrF2N2O3. The first-order valence-electron chi connectivity index (χ1n) is 4.45. The number of carbonyl (C=O) groups excluding carboxylic acids is 1. The van der Waals surface area contributed by atoms with Crippen molar-refractivity contribution >= 4 is 33.2 Å². The number of alkyl halides is 1. The fourth-order valence-electron chi connectivity index (χ4n) is 1.10. The zero-order valence-electron chi connectivity index (χ0n) is 8.37. The highest BCUT2D eigenvalue weighted by atomic mass is 79.9. The van der Waals surface area contributed by atoms with Crippen LogP contribution in [-0.4, -0.2) is 16.2 Å². The second kappa shape index (κ2) is 5.67. The lowest BCUT2D eigenvalue weighted by Gasteiger charge is -2.06. The van der Waals surface area contributed by atoms with Gasteiger partial charge in [-0.1, -0.05) is 15.9 Å². The smallest absolute Gasteiger partial charge is 0.296 e. The fourth-order valence-corrected chi connectivity index (χ4v) is 1.46. The first kappa shape index (κ1) is 13.5. The Morgan fingerprint density at radius 3 is 2.65 bits per heavy atom. The number of hydrogen-bond acceptors (Lipinski definition) is 3. The average molecular weight is 309 g/mol. The number of nitrogens with one attached hydrogen (secondary N) is 1. The number of rotatable bonds is 4. The number of nitro groups is 1. The highest BCUT2D eigenvalue weighted by Gasteiger charge is 2.22. The number of nitro benzene ring substituents is 1. The molecular weight excluding hydrogens is 302 g/mol. The van der Waals surface area contributed by atoms with Crippen LogP contribution in [0.1, 0.15) is 6.42 Å². The van der Waals surface area contributed by atoms with Gasteiger partial charge in [-0.25, -0.2) is 8.78 Å². The van der Waals surface area contributed by atoms with E-state index in [2.05, 4.69) is 15.9 Å². The molecule has 0 saturated carbocycles. The van der Waals surface area contributed by atoms with E-state index in [1.165, 1.54) is 0 Å². The van der Waals surface area contributed by atoms with Crippen LogP contribution in [0.3, 0.4) is 0 Å². The summed E-state index contributed by atoms with van der Waals surface area (Å²) in [6.07, 6.45) is -0.00684. The van der Waals surface area contributed by atoms with Gasteiger partial charge < -0.3 is 5.32 Å². The zero-order chi connectivity index (χ0) is 13.0. The Morgan fingerprint density at radius 1 is 1.47 bits per heavy atom. The summed E-state index contributed by atoms with van der Waals surface area (Å²) in [6.45, 7) is 0. The number of hydrogen-bond donors (Lipinski definition) is 1. The van der Waals surface area contributed by atoms with Crippen molar-refractivity contribution in [2.24, 2.45) is 0 Å². The summed E-state index contributed by atoms with van der Waals surface area (Å²) in [6, 6.07) is 1.43. The number of amides is 1. The van der Waals surface area contributed by atoms with E-state index >= 15 is 0 Å². The predicted octanol–water partition coefficient (Wildman–Crippen LogP) is 2.60. The van der Waals surface area contributed by atoms with Crippen molar-refractivity contribution in [3.8, 4) is 0 Å². The molecule has 0 aliphatic heterocycles. The molecule has 0 spiro atoms. The number of benzene rings is 1. The lowest BCUT2D eigenvalue weighted by Crippen LogP contribution is -2.14. The van der Waals surface area contributed by atoms with E-state index in [9.17, 15) is 23.7 Å². The molecule has 0 aromatic heterocycles. The number of nitrogens with zero attached hydrogens (tertiary/aromatic N) is 1. The Balaban J connectivity index is 3.14. The van der Waals surface area contributed by atoms with Gasteiger partial charge in [-0.15, -0.1) is 0 Å². The topological polar surface area (TPSA) is 72.2 Å². The van der Waals surface area contributed by atoms with Crippen molar-refractivity contribution in [1.82, 2.24) is 0 Å². The number of carbonyl (C=O) groups is 1. The Labute approximate surface area is 103 Å². The molecule has 0 saturated heterocycles. The molecule has 0 radical (unpaired) electrons. The predicted molar refractivity (Wildman–Crippen MR) is 60.1 cm³/mol. The van der Waals surface area contributed by atoms with Gasteiger partial charge in [-0.2, -0.15) is 0 Å². The molecule has 17 heavy (non-hydrogen) atoms. The summed E-state index contributed by atoms with van der Waals surface area (Å²) in [5, 5.41) is 12.9. The second-order valence-corrected chi connectivity index (χ2v) is 3.79. The van der Waals surface area contributed by atoms with Gasteiger partial charge in [-0.05, 0) is 6.07 Å². The summed E-state index contributed by atoms with van der Waals surface area (Å²) in [5.41, 5.74) is -1.44. The molecule has 1 rings (SSSR count). The maximum absolute atomic E-state index is 13.3. The maximum atomic E-state index is 13.3. The quantitative estimate of drug-likeness (QED) is 0.528. The number of anilines is 1. The van der Waals surface area contributed by atoms with E-state index in [1.807, 2.05) is 5.32 Å². The van der Waals surface area contributed by atoms with Crippen LogP contribution in [0.5, 0.6) is 0 Å². The molecule has 1 aromatic carbocycles. The fraction of sp³-hybridized carbons (Fsp3) is 0.222. The van der Waals surface area contributed by atoms with Crippen LogP contribution in [0.15, 0.2) is 12.1 Å². The molecule has 92 valence electrons. The van der Waals surface area contributed by atoms with Crippen LogP contribution in [0.25, 0.3) is 0 Å². The lowest BCUT2D eigenvalue weighted by atomic mass is 10.2. The van der Waals surface area contributed by atoms with Gasteiger partial charge in [0.05, 0.1) is 4.92 Å². The third-order valence-corrected chi connectivity index (χ3v) is 2.25. The van der Waals surface area contributed by atoms with Crippen LogP contribution in [0.4, 0.5) is 20.2 Å². The molecule has 0 unspecified atom stereocenters. The van der Waals surface area contributed by atoms with Crippen LogP contribution in [-0.2, 0) is 4.79 Å². The first-order chi connectivity index (χ1) is 7.97. The highest BCUT2D eigenvalue weighted by molar-refractivity contribution is 9.09. The molecule has 1 amide bonds. The Bertz CT molecular complexity index is 468. The second-order valence-electron chi connectivity index (χ2n) is 3.00. The Hall–Kier alpha value is -1.57. The molecule has 0 atom stereocenters. The average Bonchev–Trinajstić information content (AvgIpc) is 2.25. The molecule has 0 aliphatic rings. The number of halogens is 3. The van der Waals surface area contributed by atoms with Crippen molar-refractivity contribution in [2.45, 2.75) is 6.42 Å². The van der Waals surface area contributed by atoms with Crippen LogP contribution in [0.2, 0.25) is 0 Å². The van der Waals surface area contributed by atoms with Crippen LogP contribution < -0.4 is 5.32 Å². The van der Waals surface area contributed by atoms with Gasteiger partial charge in [0, 0.05) is 17.8 Å². The van der Waals surface area contributed by atoms with Gasteiger partial charge in [0.25, 0.3) is 5.69 Å². The van der Waals surface area contributed by atoms with Crippen molar-refractivity contribution in [3.63, 3.8) is 0 Å². The summed E-state index contributed by atoms with van der Waals surface area (Å²) in [7, 11) is 0. The van der Waals surface area contributed by atoms with Crippen molar-refractivity contribution in [3.05, 3.63) is 33.9 Å². The van der Waals surface area contributed by atoms with Crippen molar-refractivity contribution < 1.29 is 18.5 Å². The van der Waals surface area contributed by atoms with E-state index < -0.39 is 33.8 Å². The Kier molecular flexibility index (Phi) is 4.50. The summed E-state index contributed by atoms with van der Waals surface area (Å²) < 4.78 is 26.2. The lowest BCUT2D eigenvalue weighted by molar-refractivity contribution is -0.384. The normalized spacial score (nSPS) is 10.1. The van der Waals surface area contributed by atoms with Gasteiger partial charge in [0.1, 0.15) is 0 Å². The molecule has 0 fully saturated rings. The molecule has 0 heterocycles. The van der Waals surface area contributed by atoms with Gasteiger partial charge in [-0.3, -0.25) is 14.9 Å². The van der Waals surface area contributed by atoms with E-state index in [1.54, 1.807) is 0 Å². The Morgan fingerprint density at radius 2 is 2.12 bits per heavy atom. The van der Waals surface area contributed by atoms with Gasteiger partial charge in [0.15, 0.2) is 17.3 Å². The third kappa shape index (κ3) is 3.19. The molecule has 1 N–H and O–H groups in total. The van der Waals surface area contributed by atoms with Gasteiger partial charge in [0.2, 0.25) is 5.91 Å². The first-order valence-corrected chi connectivity index (χ1v) is 5.57. The minimum Gasteiger partial charge on any atom is -0.318 e. The minimum absolute atomic E-state index is 0.00684. The molecule has 1 aromatic rings. The highest BCUT2D eigenvalue weighted by Crippen LogP contribution is 2.29. The van der Waals surface area contributed by atoms with E-state index in [0.29, 0.717) is 11.4 Å². The van der Waals surface area contributed by atoms with Crippen LogP contribution in [0, 0.1) is 21.7 Å². The minimum atomic E-state index is -1.44. The molecule has 8 heteroatoms. The summed E-state index contributed by atoms with van der Waals surface area (Å²) in [5.74, 6) is -3.35. The van der Waals surface area contributed by atoms with Gasteiger partial charge >= 0.3 is 0 Å². The van der Waals surface area contributed by atoms with E-state index in [0.717, 1.165) is 6.07 Å².